The van der Waals surface area contributed by atoms with E-state index >= 15 is 0 Å². The molecule has 6 heteroatoms. The van der Waals surface area contributed by atoms with Crippen LogP contribution in [-0.2, 0) is 0 Å². The van der Waals surface area contributed by atoms with E-state index in [9.17, 15) is 0 Å². The fourth-order valence-corrected chi connectivity index (χ4v) is 2.74. The topological polar surface area (TPSA) is 61.0 Å². The highest BCUT2D eigenvalue weighted by molar-refractivity contribution is 7.98. The van der Waals surface area contributed by atoms with Gasteiger partial charge >= 0.3 is 0 Å². The summed E-state index contributed by atoms with van der Waals surface area (Å²) in [6.45, 7) is 0. The quantitative estimate of drug-likeness (QED) is 0.743. The van der Waals surface area contributed by atoms with Gasteiger partial charge in [0.05, 0.1) is 0 Å². The first kappa shape index (κ1) is 12.3. The molecular weight excluding hydrogens is 278 g/mol. The van der Waals surface area contributed by atoms with Crippen LogP contribution in [0.5, 0.6) is 11.6 Å². The normalized spacial score (nSPS) is 10.8. The van der Waals surface area contributed by atoms with Crippen molar-refractivity contribution in [1.29, 1.82) is 0 Å². The molecule has 0 amide bonds. The summed E-state index contributed by atoms with van der Waals surface area (Å²) in [5.74, 6) is 1.31. The average molecular weight is 289 g/mol. The second-order valence-electron chi connectivity index (χ2n) is 3.80. The first-order valence-electron chi connectivity index (χ1n) is 5.59. The number of aromatic nitrogens is 2. The maximum Gasteiger partial charge on any atom is 0.220 e. The molecule has 2 N–H and O–H groups in total. The molecule has 2 heterocycles. The zero-order chi connectivity index (χ0) is 13.2. The minimum atomic E-state index is 0.518. The van der Waals surface area contributed by atoms with Crippen LogP contribution in [0.15, 0.2) is 41.3 Å². The number of hydrogen-bond donors (Lipinski definition) is 1. The van der Waals surface area contributed by atoms with Crippen LogP contribution in [0.2, 0.25) is 0 Å². The number of nitrogen functional groups attached to an aromatic ring is 1. The van der Waals surface area contributed by atoms with E-state index in [2.05, 4.69) is 9.97 Å². The Bertz CT molecular complexity index is 709. The van der Waals surface area contributed by atoms with Gasteiger partial charge in [-0.1, -0.05) is 11.3 Å². The minimum Gasteiger partial charge on any atom is -0.439 e. The van der Waals surface area contributed by atoms with Crippen LogP contribution in [0.1, 0.15) is 0 Å². The standard InChI is InChI=1S/C13H11N3OS2/c1-18-9-4-2-8(3-5-9)17-11-7-6-10-12(16-11)19-13(14)15-10/h2-7H,1H3,(H2,14,15). The monoisotopic (exact) mass is 289 g/mol. The summed E-state index contributed by atoms with van der Waals surface area (Å²) >= 11 is 3.05. The van der Waals surface area contributed by atoms with Crippen molar-refractivity contribution >= 4 is 38.6 Å². The van der Waals surface area contributed by atoms with Gasteiger partial charge in [0.1, 0.15) is 16.1 Å². The fourth-order valence-electron chi connectivity index (χ4n) is 1.64. The SMILES string of the molecule is CSc1ccc(Oc2ccc3nc(N)sc3n2)cc1. The van der Waals surface area contributed by atoms with Crippen LogP contribution in [0.25, 0.3) is 10.3 Å². The Hall–Kier alpha value is -1.79. The van der Waals surface area contributed by atoms with Crippen molar-refractivity contribution in [2.24, 2.45) is 0 Å². The molecule has 0 atom stereocenters. The summed E-state index contributed by atoms with van der Waals surface area (Å²) in [4.78, 5) is 10.5. The number of benzene rings is 1. The van der Waals surface area contributed by atoms with Crippen molar-refractivity contribution in [3.05, 3.63) is 36.4 Å². The minimum absolute atomic E-state index is 0.518. The lowest BCUT2D eigenvalue weighted by molar-refractivity contribution is 0.465. The number of thiazole rings is 1. The van der Waals surface area contributed by atoms with Gasteiger partial charge in [0.15, 0.2) is 5.13 Å². The molecule has 96 valence electrons. The number of rotatable bonds is 3. The van der Waals surface area contributed by atoms with Crippen LogP contribution in [0.4, 0.5) is 5.13 Å². The van der Waals surface area contributed by atoms with Gasteiger partial charge in [-0.05, 0) is 36.6 Å². The largest absolute Gasteiger partial charge is 0.439 e. The number of hydrogen-bond acceptors (Lipinski definition) is 6. The molecule has 0 aliphatic heterocycles. The van der Waals surface area contributed by atoms with E-state index in [4.69, 9.17) is 10.5 Å². The summed E-state index contributed by atoms with van der Waals surface area (Å²) in [5, 5.41) is 0.518. The lowest BCUT2D eigenvalue weighted by Crippen LogP contribution is -1.87. The van der Waals surface area contributed by atoms with Crippen LogP contribution in [0.3, 0.4) is 0 Å². The van der Waals surface area contributed by atoms with Gasteiger partial charge in [-0.15, -0.1) is 11.8 Å². The molecule has 0 fully saturated rings. The lowest BCUT2D eigenvalue weighted by atomic mass is 10.3. The number of ether oxygens (including phenoxy) is 1. The van der Waals surface area contributed by atoms with Gasteiger partial charge in [0.2, 0.25) is 5.88 Å². The maximum absolute atomic E-state index is 5.71. The molecule has 0 saturated carbocycles. The Morgan fingerprint density at radius 3 is 2.63 bits per heavy atom. The maximum atomic E-state index is 5.71. The van der Waals surface area contributed by atoms with E-state index in [0.717, 1.165) is 16.1 Å². The van der Waals surface area contributed by atoms with Crippen molar-refractivity contribution in [3.8, 4) is 11.6 Å². The molecule has 4 nitrogen and oxygen atoms in total. The number of anilines is 1. The zero-order valence-corrected chi connectivity index (χ0v) is 11.8. The van der Waals surface area contributed by atoms with E-state index in [-0.39, 0.29) is 0 Å². The molecule has 3 rings (SSSR count). The van der Waals surface area contributed by atoms with Gasteiger partial charge in [-0.2, -0.15) is 0 Å². The molecule has 0 aliphatic rings. The Kier molecular flexibility index (Phi) is 3.27. The third-order valence-corrected chi connectivity index (χ3v) is 4.07. The lowest BCUT2D eigenvalue weighted by Gasteiger charge is -2.04. The molecule has 0 spiro atoms. The van der Waals surface area contributed by atoms with Crippen molar-refractivity contribution < 1.29 is 4.74 Å². The average Bonchev–Trinajstić information content (AvgIpc) is 2.79. The molecule has 0 saturated heterocycles. The summed E-state index contributed by atoms with van der Waals surface area (Å²) in [7, 11) is 0. The van der Waals surface area contributed by atoms with Gasteiger partial charge < -0.3 is 10.5 Å². The predicted octanol–water partition coefficient (Wildman–Crippen LogP) is 3.79. The van der Waals surface area contributed by atoms with Crippen molar-refractivity contribution in [2.45, 2.75) is 4.90 Å². The van der Waals surface area contributed by atoms with Gasteiger partial charge in [0.25, 0.3) is 0 Å². The molecule has 1 aromatic carbocycles. The van der Waals surface area contributed by atoms with Crippen LogP contribution < -0.4 is 10.5 Å². The fraction of sp³-hybridized carbons (Fsp3) is 0.0769. The number of pyridine rings is 1. The van der Waals surface area contributed by atoms with Gasteiger partial charge in [-0.3, -0.25) is 0 Å². The Balaban J connectivity index is 1.87. The van der Waals surface area contributed by atoms with E-state index in [1.807, 2.05) is 36.6 Å². The second-order valence-corrected chi connectivity index (χ2v) is 5.69. The van der Waals surface area contributed by atoms with Crippen molar-refractivity contribution in [3.63, 3.8) is 0 Å². The summed E-state index contributed by atoms with van der Waals surface area (Å²) in [5.41, 5.74) is 6.45. The molecular formula is C13H11N3OS2. The zero-order valence-electron chi connectivity index (χ0n) is 10.2. The van der Waals surface area contributed by atoms with E-state index in [1.165, 1.54) is 16.2 Å². The summed E-state index contributed by atoms with van der Waals surface area (Å²) in [6, 6.07) is 11.6. The molecule has 2 aromatic heterocycles. The highest BCUT2D eigenvalue weighted by atomic mass is 32.2. The van der Waals surface area contributed by atoms with Crippen LogP contribution in [-0.4, -0.2) is 16.2 Å². The van der Waals surface area contributed by atoms with Gasteiger partial charge in [0, 0.05) is 11.0 Å². The third-order valence-electron chi connectivity index (χ3n) is 2.53. The Morgan fingerprint density at radius 2 is 1.89 bits per heavy atom. The molecule has 0 bridgehead atoms. The highest BCUT2D eigenvalue weighted by Crippen LogP contribution is 2.27. The Morgan fingerprint density at radius 1 is 1.11 bits per heavy atom. The van der Waals surface area contributed by atoms with Crippen molar-refractivity contribution in [2.75, 3.05) is 12.0 Å². The van der Waals surface area contributed by atoms with Crippen LogP contribution in [0, 0.1) is 0 Å². The first-order valence-corrected chi connectivity index (χ1v) is 7.64. The number of nitrogens with two attached hydrogens (primary N) is 1. The van der Waals surface area contributed by atoms with E-state index < -0.39 is 0 Å². The molecule has 0 radical (unpaired) electrons. The van der Waals surface area contributed by atoms with Crippen LogP contribution >= 0.6 is 23.1 Å². The molecule has 0 unspecified atom stereocenters. The number of fused-ring (bicyclic) bond motifs is 1. The Labute approximate surface area is 118 Å². The van der Waals surface area contributed by atoms with E-state index in [0.29, 0.717) is 11.0 Å². The van der Waals surface area contributed by atoms with Gasteiger partial charge in [-0.25, -0.2) is 9.97 Å². The molecule has 19 heavy (non-hydrogen) atoms. The first-order chi connectivity index (χ1) is 9.24. The predicted molar refractivity (Wildman–Crippen MR) is 80.1 cm³/mol. The molecule has 0 aliphatic carbocycles. The number of nitrogens with zero attached hydrogens (tertiary/aromatic N) is 2. The highest BCUT2D eigenvalue weighted by Gasteiger charge is 2.05. The van der Waals surface area contributed by atoms with E-state index in [1.54, 1.807) is 17.8 Å². The third kappa shape index (κ3) is 2.64. The summed E-state index contributed by atoms with van der Waals surface area (Å²) < 4.78 is 5.71. The molecule has 3 aromatic rings. The second kappa shape index (κ2) is 5.07. The summed E-state index contributed by atoms with van der Waals surface area (Å²) in [6.07, 6.45) is 2.04. The smallest absolute Gasteiger partial charge is 0.220 e. The number of thioether (sulfide) groups is 1. The van der Waals surface area contributed by atoms with Crippen molar-refractivity contribution in [1.82, 2.24) is 9.97 Å².